The van der Waals surface area contributed by atoms with Crippen LogP contribution in [0.1, 0.15) is 21.5 Å². The van der Waals surface area contributed by atoms with E-state index in [0.717, 1.165) is 21.9 Å². The highest BCUT2D eigenvalue weighted by Gasteiger charge is 2.11. The minimum Gasteiger partial charge on any atom is -0.507 e. The van der Waals surface area contributed by atoms with Crippen molar-refractivity contribution in [2.75, 3.05) is 7.11 Å². The molecule has 0 heterocycles. The third-order valence-electron chi connectivity index (χ3n) is 5.03. The van der Waals surface area contributed by atoms with Crippen molar-refractivity contribution < 1.29 is 19.4 Å². The zero-order chi connectivity index (χ0) is 21.6. The highest BCUT2D eigenvalue weighted by atomic mass is 16.5. The first kappa shape index (κ1) is 20.2. The average Bonchev–Trinajstić information content (AvgIpc) is 2.81. The first-order chi connectivity index (χ1) is 15.2. The fourth-order valence-corrected chi connectivity index (χ4v) is 3.42. The Morgan fingerprint density at radius 3 is 2.48 bits per heavy atom. The Bertz CT molecular complexity index is 1240. The lowest BCUT2D eigenvalue weighted by Crippen LogP contribution is -1.98. The maximum absolute atomic E-state index is 12.7. The summed E-state index contributed by atoms with van der Waals surface area (Å²) in [5.41, 5.74) is 2.05. The standard InChI is InChI=1S/C27H22O4/c1-30-27-16-11-20-9-5-6-10-22(20)23(27)14-15-25(28)24-13-12-21(17-26(24)29)31-18-19-7-3-2-4-8-19/h2-17,29H,18H2,1H3. The molecule has 0 bridgehead atoms. The number of rotatable bonds is 7. The highest BCUT2D eigenvalue weighted by Crippen LogP contribution is 2.30. The zero-order valence-electron chi connectivity index (χ0n) is 17.1. The molecule has 0 aliphatic heterocycles. The maximum atomic E-state index is 12.7. The minimum absolute atomic E-state index is 0.120. The lowest BCUT2D eigenvalue weighted by molar-refractivity contribution is 0.104. The van der Waals surface area contributed by atoms with Gasteiger partial charge in [-0.05, 0) is 46.7 Å². The second-order valence-electron chi connectivity index (χ2n) is 7.05. The number of aromatic hydroxyl groups is 1. The summed E-state index contributed by atoms with van der Waals surface area (Å²) in [5, 5.41) is 12.4. The number of methoxy groups -OCH3 is 1. The van der Waals surface area contributed by atoms with Crippen LogP contribution >= 0.6 is 0 Å². The Kier molecular flexibility index (Phi) is 5.99. The van der Waals surface area contributed by atoms with Gasteiger partial charge in [0.1, 0.15) is 23.9 Å². The van der Waals surface area contributed by atoms with Crippen LogP contribution in [0.2, 0.25) is 0 Å². The number of phenols is 1. The van der Waals surface area contributed by atoms with Crippen molar-refractivity contribution in [1.29, 1.82) is 0 Å². The minimum atomic E-state index is -0.304. The van der Waals surface area contributed by atoms with Crippen LogP contribution < -0.4 is 9.47 Å². The third kappa shape index (κ3) is 4.59. The van der Waals surface area contributed by atoms with Crippen molar-refractivity contribution in [3.8, 4) is 17.2 Å². The highest BCUT2D eigenvalue weighted by molar-refractivity contribution is 6.09. The number of carbonyl (C=O) groups is 1. The van der Waals surface area contributed by atoms with E-state index in [9.17, 15) is 9.90 Å². The topological polar surface area (TPSA) is 55.8 Å². The summed E-state index contributed by atoms with van der Waals surface area (Å²) in [5.74, 6) is 0.751. The monoisotopic (exact) mass is 410 g/mol. The molecule has 4 nitrogen and oxygen atoms in total. The van der Waals surface area contributed by atoms with Gasteiger partial charge >= 0.3 is 0 Å². The number of ketones is 1. The number of phenolic OH excluding ortho intramolecular Hbond substituents is 1. The Morgan fingerprint density at radius 1 is 0.935 bits per heavy atom. The van der Waals surface area contributed by atoms with Crippen molar-refractivity contribution in [3.05, 3.63) is 108 Å². The predicted octanol–water partition coefficient (Wildman–Crippen LogP) is 6.03. The summed E-state index contributed by atoms with van der Waals surface area (Å²) in [6.07, 6.45) is 3.17. The first-order valence-corrected chi connectivity index (χ1v) is 9.93. The number of fused-ring (bicyclic) bond motifs is 1. The molecule has 0 amide bonds. The van der Waals surface area contributed by atoms with E-state index in [1.54, 1.807) is 25.3 Å². The molecule has 0 aliphatic carbocycles. The predicted molar refractivity (Wildman–Crippen MR) is 123 cm³/mol. The summed E-state index contributed by atoms with van der Waals surface area (Å²) < 4.78 is 11.2. The normalized spacial score (nSPS) is 11.0. The second kappa shape index (κ2) is 9.18. The van der Waals surface area contributed by atoms with E-state index in [-0.39, 0.29) is 17.1 Å². The molecule has 4 heteroatoms. The maximum Gasteiger partial charge on any atom is 0.189 e. The van der Waals surface area contributed by atoms with Crippen LogP contribution in [0.5, 0.6) is 17.2 Å². The van der Waals surface area contributed by atoms with Gasteiger partial charge < -0.3 is 14.6 Å². The zero-order valence-corrected chi connectivity index (χ0v) is 17.1. The number of carbonyl (C=O) groups excluding carboxylic acids is 1. The van der Waals surface area contributed by atoms with E-state index in [1.807, 2.05) is 66.7 Å². The number of hydrogen-bond donors (Lipinski definition) is 1. The van der Waals surface area contributed by atoms with Crippen LogP contribution in [-0.2, 0) is 6.61 Å². The summed E-state index contributed by atoms with van der Waals surface area (Å²) in [7, 11) is 1.60. The molecule has 0 unspecified atom stereocenters. The number of hydrogen-bond acceptors (Lipinski definition) is 4. The van der Waals surface area contributed by atoms with E-state index >= 15 is 0 Å². The van der Waals surface area contributed by atoms with Gasteiger partial charge in [0, 0.05) is 11.6 Å². The molecule has 0 fully saturated rings. The molecule has 0 saturated heterocycles. The van der Waals surface area contributed by atoms with Crippen molar-refractivity contribution in [3.63, 3.8) is 0 Å². The number of benzene rings is 4. The lowest BCUT2D eigenvalue weighted by Gasteiger charge is -2.09. The van der Waals surface area contributed by atoms with Gasteiger partial charge in [-0.25, -0.2) is 0 Å². The van der Waals surface area contributed by atoms with Gasteiger partial charge in [-0.3, -0.25) is 4.79 Å². The van der Waals surface area contributed by atoms with Gasteiger partial charge in [-0.15, -0.1) is 0 Å². The molecular weight excluding hydrogens is 388 g/mol. The van der Waals surface area contributed by atoms with Gasteiger partial charge in [0.2, 0.25) is 0 Å². The largest absolute Gasteiger partial charge is 0.507 e. The first-order valence-electron chi connectivity index (χ1n) is 9.93. The molecule has 4 aromatic carbocycles. The Labute approximate surface area is 181 Å². The van der Waals surface area contributed by atoms with E-state index in [1.165, 1.54) is 12.1 Å². The van der Waals surface area contributed by atoms with Crippen LogP contribution in [0.3, 0.4) is 0 Å². The summed E-state index contributed by atoms with van der Waals surface area (Å²) in [6, 6.07) is 26.2. The Morgan fingerprint density at radius 2 is 1.71 bits per heavy atom. The molecule has 0 spiro atoms. The lowest BCUT2D eigenvalue weighted by atomic mass is 10.0. The molecule has 0 atom stereocenters. The molecule has 0 aliphatic rings. The Balaban J connectivity index is 1.54. The van der Waals surface area contributed by atoms with Gasteiger partial charge in [0.05, 0.1) is 12.7 Å². The van der Waals surface area contributed by atoms with Crippen molar-refractivity contribution in [2.45, 2.75) is 6.61 Å². The van der Waals surface area contributed by atoms with E-state index in [4.69, 9.17) is 9.47 Å². The molecule has 31 heavy (non-hydrogen) atoms. The van der Waals surface area contributed by atoms with Gasteiger partial charge in [0.15, 0.2) is 5.78 Å². The molecule has 154 valence electrons. The molecule has 1 N–H and O–H groups in total. The molecule has 0 radical (unpaired) electrons. The molecule has 4 rings (SSSR count). The fraction of sp³-hybridized carbons (Fsp3) is 0.0741. The number of ether oxygens (including phenoxy) is 2. The SMILES string of the molecule is COc1ccc2ccccc2c1C=CC(=O)c1ccc(OCc2ccccc2)cc1O. The average molecular weight is 410 g/mol. The van der Waals surface area contributed by atoms with Crippen molar-refractivity contribution >= 4 is 22.6 Å². The van der Waals surface area contributed by atoms with Crippen molar-refractivity contribution in [1.82, 2.24) is 0 Å². The fourth-order valence-electron chi connectivity index (χ4n) is 3.42. The summed E-state index contributed by atoms with van der Waals surface area (Å²) in [6.45, 7) is 0.383. The van der Waals surface area contributed by atoms with Crippen LogP contribution in [0.4, 0.5) is 0 Å². The van der Waals surface area contributed by atoms with E-state index in [2.05, 4.69) is 0 Å². The number of allylic oxidation sites excluding steroid dienone is 1. The van der Waals surface area contributed by atoms with Gasteiger partial charge in [0.25, 0.3) is 0 Å². The van der Waals surface area contributed by atoms with Gasteiger partial charge in [-0.1, -0.05) is 60.7 Å². The smallest absolute Gasteiger partial charge is 0.189 e. The third-order valence-corrected chi connectivity index (χ3v) is 5.03. The molecular formula is C27H22O4. The quantitative estimate of drug-likeness (QED) is 0.299. The Hall–Kier alpha value is -4.05. The van der Waals surface area contributed by atoms with Crippen LogP contribution in [0.15, 0.2) is 91.0 Å². The second-order valence-corrected chi connectivity index (χ2v) is 7.05. The molecule has 4 aromatic rings. The molecule has 0 aromatic heterocycles. The van der Waals surface area contributed by atoms with Crippen molar-refractivity contribution in [2.24, 2.45) is 0 Å². The van der Waals surface area contributed by atoms with Gasteiger partial charge in [-0.2, -0.15) is 0 Å². The summed E-state index contributed by atoms with van der Waals surface area (Å²) in [4.78, 5) is 12.7. The molecule has 0 saturated carbocycles. The van der Waals surface area contributed by atoms with Crippen LogP contribution in [0, 0.1) is 0 Å². The summed E-state index contributed by atoms with van der Waals surface area (Å²) >= 11 is 0. The van der Waals surface area contributed by atoms with E-state index in [0.29, 0.717) is 18.1 Å². The van der Waals surface area contributed by atoms with E-state index < -0.39 is 0 Å². The van der Waals surface area contributed by atoms with Crippen LogP contribution in [0.25, 0.3) is 16.8 Å². The van der Waals surface area contributed by atoms with Crippen LogP contribution in [-0.4, -0.2) is 18.0 Å².